The van der Waals surface area contributed by atoms with Crippen LogP contribution in [0.25, 0.3) is 16.8 Å². The summed E-state index contributed by atoms with van der Waals surface area (Å²) in [5.74, 6) is -3.46. The Bertz CT molecular complexity index is 1330. The van der Waals surface area contributed by atoms with Gasteiger partial charge in [-0.15, -0.1) is 0 Å². The number of imide groups is 3. The van der Waals surface area contributed by atoms with Crippen LogP contribution < -0.4 is 0 Å². The molecule has 8 heteroatoms. The molecule has 8 nitrogen and oxygen atoms in total. The number of allylic oxidation sites excluding steroid dienone is 2. The van der Waals surface area contributed by atoms with Gasteiger partial charge in [-0.2, -0.15) is 4.90 Å². The lowest BCUT2D eigenvalue weighted by atomic mass is 9.67. The summed E-state index contributed by atoms with van der Waals surface area (Å²) in [7, 11) is 1.12. The van der Waals surface area contributed by atoms with Gasteiger partial charge < -0.3 is 20.1 Å². The molecule has 4 atom stereocenters. The van der Waals surface area contributed by atoms with Crippen molar-refractivity contribution in [2.75, 3.05) is 13.7 Å². The summed E-state index contributed by atoms with van der Waals surface area (Å²) in [6, 6.07) is 11.2. The number of hydrogen-bond acceptors (Lipinski definition) is 7. The van der Waals surface area contributed by atoms with Gasteiger partial charge in [-0.25, -0.2) is 4.79 Å². The lowest BCUT2D eigenvalue weighted by molar-refractivity contribution is -0.137. The third kappa shape index (κ3) is 5.36. The summed E-state index contributed by atoms with van der Waals surface area (Å²) in [6.07, 6.45) is 3.57. The van der Waals surface area contributed by atoms with E-state index in [4.69, 9.17) is 0 Å². The van der Waals surface area contributed by atoms with Crippen molar-refractivity contribution in [3.8, 4) is 5.75 Å². The number of rotatable bonds is 9. The Hall–Kier alpha value is -3.49. The zero-order chi connectivity index (χ0) is 28.3. The van der Waals surface area contributed by atoms with Crippen molar-refractivity contribution in [3.63, 3.8) is 0 Å². The molecule has 1 fully saturated rings. The van der Waals surface area contributed by atoms with E-state index in [1.165, 1.54) is 0 Å². The number of likely N-dealkylation sites (tertiary alicyclic amines) is 1. The number of amides is 3. The quantitative estimate of drug-likeness (QED) is 0.306. The highest BCUT2D eigenvalue weighted by atomic mass is 16.5. The molecule has 2 aromatic rings. The standard InChI is InChI=1S/C31H37NO7/c1-4-8-20-16-23-28(30(37)32(29(23)36)31(38)39-3)24(17-33)27(20)26(35)13-11-18(5-2)15-19-12-14-25(34)22-10-7-6-9-21(19)22/h6-7,9-10,12,14-15,23-24,26,28,33-35H,4-5,8,11,13,16-17H2,1-3H3/b18-15+/t23-,24+,26-,28-/m1/s1. The average Bonchev–Trinajstić information content (AvgIpc) is 3.20. The predicted octanol–water partition coefficient (Wildman–Crippen LogP) is 4.96. The maximum absolute atomic E-state index is 13.2. The number of hydrogen-bond donors (Lipinski definition) is 3. The van der Waals surface area contributed by atoms with Crippen LogP contribution in [-0.2, 0) is 14.3 Å². The van der Waals surface area contributed by atoms with Gasteiger partial charge in [0.2, 0.25) is 11.8 Å². The van der Waals surface area contributed by atoms with Crippen LogP contribution in [0.15, 0.2) is 53.1 Å². The minimum absolute atomic E-state index is 0.225. The highest BCUT2D eigenvalue weighted by molar-refractivity contribution is 6.16. The Morgan fingerprint density at radius 3 is 2.49 bits per heavy atom. The summed E-state index contributed by atoms with van der Waals surface area (Å²) in [4.78, 5) is 38.9. The largest absolute Gasteiger partial charge is 0.507 e. The molecular formula is C31H37NO7. The molecule has 0 radical (unpaired) electrons. The molecule has 39 heavy (non-hydrogen) atoms. The third-order valence-electron chi connectivity index (χ3n) is 8.14. The molecule has 208 valence electrons. The zero-order valence-corrected chi connectivity index (χ0v) is 22.7. The van der Waals surface area contributed by atoms with Crippen molar-refractivity contribution in [2.45, 2.75) is 58.5 Å². The van der Waals surface area contributed by atoms with E-state index in [1.807, 2.05) is 37.3 Å². The first kappa shape index (κ1) is 28.5. The van der Waals surface area contributed by atoms with Crippen LogP contribution in [-0.4, -0.2) is 57.9 Å². The maximum atomic E-state index is 13.2. The number of aliphatic hydroxyl groups excluding tert-OH is 2. The minimum Gasteiger partial charge on any atom is -0.507 e. The molecule has 2 aliphatic rings. The Morgan fingerprint density at radius 2 is 1.85 bits per heavy atom. The minimum atomic E-state index is -1.02. The predicted molar refractivity (Wildman–Crippen MR) is 147 cm³/mol. The molecule has 1 heterocycles. The van der Waals surface area contributed by atoms with Crippen LogP contribution in [0.3, 0.4) is 0 Å². The van der Waals surface area contributed by atoms with E-state index < -0.39 is 48.4 Å². The van der Waals surface area contributed by atoms with Crippen LogP contribution in [0.1, 0.15) is 57.9 Å². The Morgan fingerprint density at radius 1 is 1.13 bits per heavy atom. The summed E-state index contributed by atoms with van der Waals surface area (Å²) < 4.78 is 4.66. The first-order valence-electron chi connectivity index (χ1n) is 13.6. The van der Waals surface area contributed by atoms with Gasteiger partial charge in [-0.3, -0.25) is 9.59 Å². The molecule has 3 N–H and O–H groups in total. The Labute approximate surface area is 228 Å². The van der Waals surface area contributed by atoms with Crippen LogP contribution >= 0.6 is 0 Å². The first-order chi connectivity index (χ1) is 18.8. The molecule has 4 rings (SSSR count). The Balaban J connectivity index is 1.61. The summed E-state index contributed by atoms with van der Waals surface area (Å²) >= 11 is 0. The number of carbonyl (C=O) groups is 3. The van der Waals surface area contributed by atoms with E-state index in [9.17, 15) is 29.7 Å². The first-order valence-corrected chi connectivity index (χ1v) is 13.6. The van der Waals surface area contributed by atoms with Crippen LogP contribution in [0, 0.1) is 17.8 Å². The third-order valence-corrected chi connectivity index (χ3v) is 8.14. The fraction of sp³-hybridized carbons (Fsp3) is 0.452. The molecule has 1 saturated heterocycles. The van der Waals surface area contributed by atoms with Gasteiger partial charge in [0.05, 0.1) is 31.7 Å². The topological polar surface area (TPSA) is 124 Å². The van der Waals surface area contributed by atoms with Gasteiger partial charge in [-0.1, -0.05) is 67.8 Å². The second-order valence-corrected chi connectivity index (χ2v) is 10.3. The zero-order valence-electron chi connectivity index (χ0n) is 22.7. The lowest BCUT2D eigenvalue weighted by Crippen LogP contribution is -2.40. The van der Waals surface area contributed by atoms with Crippen molar-refractivity contribution in [3.05, 3.63) is 58.7 Å². The molecule has 0 bridgehead atoms. The van der Waals surface area contributed by atoms with Crippen LogP contribution in [0.5, 0.6) is 5.75 Å². The summed E-state index contributed by atoms with van der Waals surface area (Å²) in [5.41, 5.74) is 3.59. The van der Waals surface area contributed by atoms with Crippen molar-refractivity contribution < 1.29 is 34.4 Å². The normalized spacial score (nSPS) is 22.4. The fourth-order valence-electron chi connectivity index (χ4n) is 6.25. The van der Waals surface area contributed by atoms with E-state index in [2.05, 4.69) is 17.7 Å². The molecule has 0 saturated carbocycles. The SMILES string of the molecule is CCCC1=C([C@H](O)CC/C(=C/c2ccc(O)c3ccccc23)CC)[C@H](CO)[C@@H]2C(=O)N(C(=O)OC)C(=O)[C@@H]2C1. The summed E-state index contributed by atoms with van der Waals surface area (Å²) in [5, 5.41) is 33.8. The van der Waals surface area contributed by atoms with E-state index in [1.54, 1.807) is 6.07 Å². The van der Waals surface area contributed by atoms with E-state index in [0.717, 1.165) is 47.4 Å². The molecule has 0 unspecified atom stereocenters. The van der Waals surface area contributed by atoms with Crippen molar-refractivity contribution in [1.82, 2.24) is 4.90 Å². The number of nitrogens with zero attached hydrogens (tertiary/aromatic N) is 1. The van der Waals surface area contributed by atoms with Gasteiger partial charge in [0.15, 0.2) is 0 Å². The van der Waals surface area contributed by atoms with Crippen LogP contribution in [0.4, 0.5) is 4.79 Å². The second kappa shape index (κ2) is 12.1. The van der Waals surface area contributed by atoms with Crippen molar-refractivity contribution in [2.24, 2.45) is 17.8 Å². The van der Waals surface area contributed by atoms with Gasteiger partial charge in [0.1, 0.15) is 5.75 Å². The molecular weight excluding hydrogens is 498 g/mol. The number of benzene rings is 2. The molecule has 1 aliphatic heterocycles. The van der Waals surface area contributed by atoms with Crippen molar-refractivity contribution >= 4 is 34.8 Å². The number of ether oxygens (including phenoxy) is 1. The monoisotopic (exact) mass is 535 g/mol. The van der Waals surface area contributed by atoms with E-state index in [-0.39, 0.29) is 12.2 Å². The average molecular weight is 536 g/mol. The molecule has 1 aliphatic carbocycles. The number of carbonyl (C=O) groups excluding carboxylic acids is 3. The number of methoxy groups -OCH3 is 1. The van der Waals surface area contributed by atoms with Gasteiger partial charge in [-0.05, 0) is 54.7 Å². The summed E-state index contributed by atoms with van der Waals surface area (Å²) in [6.45, 7) is 3.64. The smallest absolute Gasteiger partial charge is 0.423 e. The second-order valence-electron chi connectivity index (χ2n) is 10.3. The Kier molecular flexibility index (Phi) is 8.87. The number of phenolic OH excluding ortho intramolecular Hbond substituents is 1. The number of aromatic hydroxyl groups is 1. The maximum Gasteiger partial charge on any atom is 0.423 e. The lowest BCUT2D eigenvalue weighted by Gasteiger charge is -2.36. The molecule has 0 spiro atoms. The molecule has 2 aromatic carbocycles. The van der Waals surface area contributed by atoms with Crippen LogP contribution in [0.2, 0.25) is 0 Å². The van der Waals surface area contributed by atoms with E-state index >= 15 is 0 Å². The van der Waals surface area contributed by atoms with Crippen molar-refractivity contribution in [1.29, 1.82) is 0 Å². The van der Waals surface area contributed by atoms with Gasteiger partial charge in [0, 0.05) is 11.3 Å². The van der Waals surface area contributed by atoms with E-state index in [0.29, 0.717) is 29.7 Å². The molecule has 3 amide bonds. The van der Waals surface area contributed by atoms with Gasteiger partial charge in [0.25, 0.3) is 0 Å². The van der Waals surface area contributed by atoms with Gasteiger partial charge >= 0.3 is 6.09 Å². The number of fused-ring (bicyclic) bond motifs is 2. The highest BCUT2D eigenvalue weighted by Crippen LogP contribution is 2.47. The number of aliphatic hydroxyl groups is 2. The highest BCUT2D eigenvalue weighted by Gasteiger charge is 2.57. The fourth-order valence-corrected chi connectivity index (χ4v) is 6.25. The number of phenols is 1. The molecule has 0 aromatic heterocycles.